The van der Waals surface area contributed by atoms with Gasteiger partial charge in [0.05, 0.1) is 5.92 Å². The number of amides is 1. The maximum absolute atomic E-state index is 12.5. The SMILES string of the molecule is O=C(O)C1CCN(C(=O)c2cccc(Oc3ccncc3)c2)C1. The molecule has 1 aliphatic heterocycles. The highest BCUT2D eigenvalue weighted by molar-refractivity contribution is 5.95. The van der Waals surface area contributed by atoms with Gasteiger partial charge in [-0.2, -0.15) is 0 Å². The molecule has 1 aromatic heterocycles. The van der Waals surface area contributed by atoms with Gasteiger partial charge in [0.2, 0.25) is 0 Å². The van der Waals surface area contributed by atoms with Crippen LogP contribution in [0.1, 0.15) is 16.8 Å². The Morgan fingerprint density at radius 1 is 1.17 bits per heavy atom. The van der Waals surface area contributed by atoms with Crippen molar-refractivity contribution in [3.05, 3.63) is 54.4 Å². The third kappa shape index (κ3) is 3.48. The number of likely N-dealkylation sites (tertiary alicyclic amines) is 1. The molecule has 0 bridgehead atoms. The summed E-state index contributed by atoms with van der Waals surface area (Å²) in [5.41, 5.74) is 0.489. The van der Waals surface area contributed by atoms with E-state index in [9.17, 15) is 9.59 Å². The summed E-state index contributed by atoms with van der Waals surface area (Å²) in [6.07, 6.45) is 3.75. The second-order valence-electron chi connectivity index (χ2n) is 5.39. The van der Waals surface area contributed by atoms with E-state index in [0.717, 1.165) is 0 Å². The second-order valence-corrected chi connectivity index (χ2v) is 5.39. The zero-order valence-corrected chi connectivity index (χ0v) is 12.4. The molecule has 6 heteroatoms. The van der Waals surface area contributed by atoms with Crippen molar-refractivity contribution in [1.29, 1.82) is 0 Å². The molecule has 1 aliphatic rings. The Labute approximate surface area is 133 Å². The Kier molecular flexibility index (Phi) is 4.23. The van der Waals surface area contributed by atoms with E-state index >= 15 is 0 Å². The number of aromatic nitrogens is 1. The monoisotopic (exact) mass is 312 g/mol. The van der Waals surface area contributed by atoms with Crippen LogP contribution in [0.5, 0.6) is 11.5 Å². The number of carbonyl (C=O) groups is 2. The number of rotatable bonds is 4. The zero-order chi connectivity index (χ0) is 16.2. The lowest BCUT2D eigenvalue weighted by molar-refractivity contribution is -0.141. The maximum atomic E-state index is 12.5. The van der Waals surface area contributed by atoms with Crippen molar-refractivity contribution in [2.45, 2.75) is 6.42 Å². The van der Waals surface area contributed by atoms with Crippen LogP contribution in [0, 0.1) is 5.92 Å². The van der Waals surface area contributed by atoms with Gasteiger partial charge in [0, 0.05) is 31.0 Å². The first-order valence-electron chi connectivity index (χ1n) is 7.33. The van der Waals surface area contributed by atoms with Gasteiger partial charge in [0.25, 0.3) is 5.91 Å². The Morgan fingerprint density at radius 3 is 2.65 bits per heavy atom. The van der Waals surface area contributed by atoms with Crippen molar-refractivity contribution < 1.29 is 19.4 Å². The van der Waals surface area contributed by atoms with E-state index in [4.69, 9.17) is 9.84 Å². The number of carbonyl (C=O) groups excluding carboxylic acids is 1. The average Bonchev–Trinajstić information content (AvgIpc) is 3.06. The summed E-state index contributed by atoms with van der Waals surface area (Å²) in [5.74, 6) is -0.313. The minimum absolute atomic E-state index is 0.172. The van der Waals surface area contributed by atoms with Crippen molar-refractivity contribution in [1.82, 2.24) is 9.88 Å². The molecule has 1 unspecified atom stereocenters. The topological polar surface area (TPSA) is 79.7 Å². The minimum Gasteiger partial charge on any atom is -0.481 e. The normalized spacial score (nSPS) is 17.0. The molecule has 0 saturated carbocycles. The van der Waals surface area contributed by atoms with Crippen molar-refractivity contribution in [3.63, 3.8) is 0 Å². The lowest BCUT2D eigenvalue weighted by Gasteiger charge is -2.16. The quantitative estimate of drug-likeness (QED) is 0.938. The summed E-state index contributed by atoms with van der Waals surface area (Å²) >= 11 is 0. The van der Waals surface area contributed by atoms with E-state index in [-0.39, 0.29) is 12.5 Å². The highest BCUT2D eigenvalue weighted by atomic mass is 16.5. The molecular formula is C17H16N2O4. The highest BCUT2D eigenvalue weighted by Gasteiger charge is 2.31. The Balaban J connectivity index is 1.72. The predicted molar refractivity (Wildman–Crippen MR) is 82.4 cm³/mol. The van der Waals surface area contributed by atoms with Crippen molar-refractivity contribution in [3.8, 4) is 11.5 Å². The summed E-state index contributed by atoms with van der Waals surface area (Å²) in [4.78, 5) is 29.0. The molecule has 1 N–H and O–H groups in total. The lowest BCUT2D eigenvalue weighted by Crippen LogP contribution is -2.29. The fourth-order valence-electron chi connectivity index (χ4n) is 2.56. The molecule has 1 amide bonds. The van der Waals surface area contributed by atoms with E-state index in [0.29, 0.717) is 30.0 Å². The Hall–Kier alpha value is -2.89. The first kappa shape index (κ1) is 15.0. The van der Waals surface area contributed by atoms with Gasteiger partial charge in [0.15, 0.2) is 0 Å². The van der Waals surface area contributed by atoms with Gasteiger partial charge < -0.3 is 14.7 Å². The molecule has 1 atom stereocenters. The van der Waals surface area contributed by atoms with E-state index in [1.807, 2.05) is 0 Å². The molecule has 1 fully saturated rings. The van der Waals surface area contributed by atoms with Crippen LogP contribution >= 0.6 is 0 Å². The van der Waals surface area contributed by atoms with Gasteiger partial charge >= 0.3 is 5.97 Å². The van der Waals surface area contributed by atoms with Crippen LogP contribution in [0.25, 0.3) is 0 Å². The zero-order valence-electron chi connectivity index (χ0n) is 12.4. The average molecular weight is 312 g/mol. The number of nitrogens with zero attached hydrogens (tertiary/aromatic N) is 2. The maximum Gasteiger partial charge on any atom is 0.308 e. The fourth-order valence-corrected chi connectivity index (χ4v) is 2.56. The van der Waals surface area contributed by atoms with Crippen LogP contribution in [0.4, 0.5) is 0 Å². The summed E-state index contributed by atoms with van der Waals surface area (Å²) in [7, 11) is 0. The molecule has 118 valence electrons. The van der Waals surface area contributed by atoms with Crippen LogP contribution < -0.4 is 4.74 Å². The standard InChI is InChI=1S/C17H16N2O4/c20-16(19-9-6-13(11-19)17(21)22)12-2-1-3-15(10-12)23-14-4-7-18-8-5-14/h1-5,7-8,10,13H,6,9,11H2,(H,21,22). The van der Waals surface area contributed by atoms with Gasteiger partial charge in [-0.15, -0.1) is 0 Å². The van der Waals surface area contributed by atoms with E-state index < -0.39 is 11.9 Å². The van der Waals surface area contributed by atoms with E-state index in [2.05, 4.69) is 4.98 Å². The molecule has 3 rings (SSSR count). The lowest BCUT2D eigenvalue weighted by atomic mass is 10.1. The number of hydrogen-bond donors (Lipinski definition) is 1. The third-order valence-corrected chi connectivity index (χ3v) is 3.79. The first-order chi connectivity index (χ1) is 11.1. The molecule has 2 aromatic rings. The molecule has 6 nitrogen and oxygen atoms in total. The molecular weight excluding hydrogens is 296 g/mol. The fraction of sp³-hybridized carbons (Fsp3) is 0.235. The summed E-state index contributed by atoms with van der Waals surface area (Å²) in [6, 6.07) is 10.3. The number of carboxylic acids is 1. The molecule has 23 heavy (non-hydrogen) atoms. The van der Waals surface area contributed by atoms with Gasteiger partial charge in [-0.1, -0.05) is 6.07 Å². The molecule has 1 aromatic carbocycles. The van der Waals surface area contributed by atoms with Crippen LogP contribution in [0.2, 0.25) is 0 Å². The minimum atomic E-state index is -0.852. The van der Waals surface area contributed by atoms with Gasteiger partial charge in [-0.25, -0.2) is 0 Å². The Bertz CT molecular complexity index is 718. The summed E-state index contributed by atoms with van der Waals surface area (Å²) < 4.78 is 5.69. The number of carboxylic acid groups (broad SMARTS) is 1. The molecule has 0 aliphatic carbocycles. The number of hydrogen-bond acceptors (Lipinski definition) is 4. The largest absolute Gasteiger partial charge is 0.481 e. The number of pyridine rings is 1. The van der Waals surface area contributed by atoms with Crippen LogP contribution in [0.3, 0.4) is 0 Å². The number of benzene rings is 1. The molecule has 0 radical (unpaired) electrons. The Morgan fingerprint density at radius 2 is 1.96 bits per heavy atom. The smallest absolute Gasteiger partial charge is 0.308 e. The summed E-state index contributed by atoms with van der Waals surface area (Å²) in [6.45, 7) is 0.717. The number of ether oxygens (including phenoxy) is 1. The van der Waals surface area contributed by atoms with E-state index in [1.54, 1.807) is 53.7 Å². The number of aliphatic carboxylic acids is 1. The predicted octanol–water partition coefficient (Wildman–Crippen LogP) is 2.42. The first-order valence-corrected chi connectivity index (χ1v) is 7.33. The molecule has 2 heterocycles. The van der Waals surface area contributed by atoms with Crippen molar-refractivity contribution >= 4 is 11.9 Å². The van der Waals surface area contributed by atoms with Crippen molar-refractivity contribution in [2.75, 3.05) is 13.1 Å². The summed E-state index contributed by atoms with van der Waals surface area (Å²) in [5, 5.41) is 9.03. The highest BCUT2D eigenvalue weighted by Crippen LogP contribution is 2.24. The third-order valence-electron chi connectivity index (χ3n) is 3.79. The molecule has 0 spiro atoms. The van der Waals surface area contributed by atoms with Gasteiger partial charge in [0.1, 0.15) is 11.5 Å². The molecule has 1 saturated heterocycles. The van der Waals surface area contributed by atoms with Gasteiger partial charge in [-0.3, -0.25) is 14.6 Å². The van der Waals surface area contributed by atoms with Crippen molar-refractivity contribution in [2.24, 2.45) is 5.92 Å². The van der Waals surface area contributed by atoms with E-state index in [1.165, 1.54) is 0 Å². The van der Waals surface area contributed by atoms with Crippen LogP contribution in [0.15, 0.2) is 48.8 Å². The van der Waals surface area contributed by atoms with Crippen LogP contribution in [-0.4, -0.2) is 40.0 Å². The van der Waals surface area contributed by atoms with Crippen LogP contribution in [-0.2, 0) is 4.79 Å². The second kappa shape index (κ2) is 6.48. The van der Waals surface area contributed by atoms with Gasteiger partial charge in [-0.05, 0) is 36.8 Å².